The molecular weight excluding hydrogens is 221 g/mol. The van der Waals surface area contributed by atoms with Crippen LogP contribution < -0.4 is 0 Å². The highest BCUT2D eigenvalue weighted by molar-refractivity contribution is 5.25. The molecule has 2 aromatic rings. The molecule has 90 valence electrons. The molecule has 1 N–H and O–H groups in total. The fourth-order valence-corrected chi connectivity index (χ4v) is 1.75. The van der Waals surface area contributed by atoms with Crippen LogP contribution in [0.3, 0.4) is 0 Å². The van der Waals surface area contributed by atoms with Crippen molar-refractivity contribution in [2.45, 2.75) is 19.4 Å². The molecule has 4 nitrogen and oxygen atoms in total. The molecule has 0 saturated heterocycles. The summed E-state index contributed by atoms with van der Waals surface area (Å²) in [5, 5.41) is 13.9. The van der Waals surface area contributed by atoms with Gasteiger partial charge >= 0.3 is 0 Å². The Morgan fingerprint density at radius 3 is 2.76 bits per heavy atom. The summed E-state index contributed by atoms with van der Waals surface area (Å²) < 4.78 is 14.8. The number of halogens is 1. The number of hydrogen-bond acceptors (Lipinski definition) is 3. The molecule has 1 unspecified atom stereocenters. The van der Waals surface area contributed by atoms with Crippen LogP contribution in [0.1, 0.15) is 23.1 Å². The van der Waals surface area contributed by atoms with E-state index in [2.05, 4.69) is 10.1 Å². The monoisotopic (exact) mass is 235 g/mol. The molecule has 1 aromatic carbocycles. The van der Waals surface area contributed by atoms with Crippen LogP contribution >= 0.6 is 0 Å². The van der Waals surface area contributed by atoms with Crippen LogP contribution in [0, 0.1) is 12.7 Å². The third kappa shape index (κ3) is 2.68. The molecule has 0 amide bonds. The maximum Gasteiger partial charge on any atom is 0.138 e. The summed E-state index contributed by atoms with van der Waals surface area (Å²) in [5.41, 5.74) is 1.35. The van der Waals surface area contributed by atoms with Crippen molar-refractivity contribution in [3.05, 3.63) is 47.3 Å². The highest BCUT2D eigenvalue weighted by Crippen LogP contribution is 2.19. The first-order chi connectivity index (χ1) is 8.06. The topological polar surface area (TPSA) is 50.9 Å². The van der Waals surface area contributed by atoms with Gasteiger partial charge in [0.2, 0.25) is 0 Å². The molecule has 0 aliphatic carbocycles. The van der Waals surface area contributed by atoms with Crippen LogP contribution in [0.2, 0.25) is 0 Å². The highest BCUT2D eigenvalue weighted by atomic mass is 19.1. The number of aromatic nitrogens is 3. The molecule has 0 radical (unpaired) electrons. The number of aliphatic hydroxyl groups excluding tert-OH is 1. The van der Waals surface area contributed by atoms with Gasteiger partial charge < -0.3 is 5.11 Å². The predicted octanol–water partition coefficient (Wildman–Crippen LogP) is 1.54. The lowest BCUT2D eigenvalue weighted by Crippen LogP contribution is -2.08. The third-order valence-corrected chi connectivity index (χ3v) is 2.63. The Morgan fingerprint density at radius 2 is 2.18 bits per heavy atom. The van der Waals surface area contributed by atoms with Gasteiger partial charge in [0, 0.05) is 13.5 Å². The van der Waals surface area contributed by atoms with E-state index >= 15 is 0 Å². The van der Waals surface area contributed by atoms with Gasteiger partial charge in [0.1, 0.15) is 18.0 Å². The smallest absolute Gasteiger partial charge is 0.138 e. The Hall–Kier alpha value is -1.75. The van der Waals surface area contributed by atoms with E-state index in [-0.39, 0.29) is 5.82 Å². The summed E-state index contributed by atoms with van der Waals surface area (Å²) in [6.07, 6.45) is 0.977. The Morgan fingerprint density at radius 1 is 1.41 bits per heavy atom. The van der Waals surface area contributed by atoms with Crippen molar-refractivity contribution in [1.29, 1.82) is 0 Å². The molecular formula is C12H14FN3O. The number of aryl methyl sites for hydroxylation is 2. The van der Waals surface area contributed by atoms with E-state index < -0.39 is 6.10 Å². The molecule has 2 rings (SSSR count). The number of aliphatic hydroxyl groups is 1. The summed E-state index contributed by atoms with van der Waals surface area (Å²) in [6.45, 7) is 1.79. The lowest BCUT2D eigenvalue weighted by Gasteiger charge is -2.11. The maximum atomic E-state index is 13.2. The van der Waals surface area contributed by atoms with Gasteiger partial charge in [-0.25, -0.2) is 9.37 Å². The molecule has 1 atom stereocenters. The van der Waals surface area contributed by atoms with Crippen LogP contribution in [-0.4, -0.2) is 19.9 Å². The summed E-state index contributed by atoms with van der Waals surface area (Å²) in [4.78, 5) is 4.02. The number of rotatable bonds is 3. The Balaban J connectivity index is 2.20. The second-order valence-electron chi connectivity index (χ2n) is 4.08. The predicted molar refractivity (Wildman–Crippen MR) is 60.8 cm³/mol. The summed E-state index contributed by atoms with van der Waals surface area (Å²) >= 11 is 0. The zero-order valence-electron chi connectivity index (χ0n) is 9.76. The van der Waals surface area contributed by atoms with E-state index in [1.807, 2.05) is 0 Å². The fourth-order valence-electron chi connectivity index (χ4n) is 1.75. The van der Waals surface area contributed by atoms with Crippen molar-refractivity contribution < 1.29 is 9.50 Å². The van der Waals surface area contributed by atoms with Crippen LogP contribution in [0.4, 0.5) is 4.39 Å². The maximum absolute atomic E-state index is 13.2. The lowest BCUT2D eigenvalue weighted by molar-refractivity contribution is 0.174. The molecule has 0 fully saturated rings. The Kier molecular flexibility index (Phi) is 3.19. The van der Waals surface area contributed by atoms with E-state index in [9.17, 15) is 9.50 Å². The van der Waals surface area contributed by atoms with Crippen molar-refractivity contribution in [3.8, 4) is 0 Å². The molecule has 1 heterocycles. The van der Waals surface area contributed by atoms with Gasteiger partial charge in [0.25, 0.3) is 0 Å². The minimum atomic E-state index is -0.771. The molecule has 0 bridgehead atoms. The summed E-state index contributed by atoms with van der Waals surface area (Å²) in [7, 11) is 1.76. The first-order valence-electron chi connectivity index (χ1n) is 5.34. The molecule has 0 spiro atoms. The van der Waals surface area contributed by atoms with Gasteiger partial charge in [-0.15, -0.1) is 0 Å². The van der Waals surface area contributed by atoms with E-state index in [1.54, 1.807) is 24.7 Å². The first-order valence-corrected chi connectivity index (χ1v) is 5.34. The van der Waals surface area contributed by atoms with Crippen molar-refractivity contribution >= 4 is 0 Å². The van der Waals surface area contributed by atoms with Crippen molar-refractivity contribution in [2.75, 3.05) is 0 Å². The van der Waals surface area contributed by atoms with Gasteiger partial charge in [-0.3, -0.25) is 4.68 Å². The van der Waals surface area contributed by atoms with Gasteiger partial charge in [-0.05, 0) is 30.2 Å². The number of nitrogens with zero attached hydrogens (tertiary/aromatic N) is 3. The second kappa shape index (κ2) is 4.63. The quantitative estimate of drug-likeness (QED) is 0.878. The zero-order chi connectivity index (χ0) is 12.4. The molecule has 0 aliphatic heterocycles. The van der Waals surface area contributed by atoms with Crippen molar-refractivity contribution in [2.24, 2.45) is 7.05 Å². The molecule has 0 aliphatic rings. The normalized spacial score (nSPS) is 12.7. The number of hydrogen-bond donors (Lipinski definition) is 1. The van der Waals surface area contributed by atoms with E-state index in [0.717, 1.165) is 5.56 Å². The molecule has 0 saturated carbocycles. The van der Waals surface area contributed by atoms with Crippen LogP contribution in [0.15, 0.2) is 24.5 Å². The van der Waals surface area contributed by atoms with Crippen molar-refractivity contribution in [3.63, 3.8) is 0 Å². The highest BCUT2D eigenvalue weighted by Gasteiger charge is 2.13. The minimum Gasteiger partial charge on any atom is -0.388 e. The molecule has 17 heavy (non-hydrogen) atoms. The van der Waals surface area contributed by atoms with Gasteiger partial charge in [0.15, 0.2) is 0 Å². The Bertz CT molecular complexity index is 504. The van der Waals surface area contributed by atoms with Crippen molar-refractivity contribution in [1.82, 2.24) is 14.8 Å². The van der Waals surface area contributed by atoms with E-state index in [4.69, 9.17) is 0 Å². The first kappa shape index (κ1) is 11.7. The summed E-state index contributed by atoms with van der Waals surface area (Å²) in [5.74, 6) is 0.330. The van der Waals surface area contributed by atoms with Gasteiger partial charge in [-0.2, -0.15) is 5.10 Å². The van der Waals surface area contributed by atoms with E-state index in [1.165, 1.54) is 18.5 Å². The lowest BCUT2D eigenvalue weighted by atomic mass is 10.0. The molecule has 1 aromatic heterocycles. The second-order valence-corrected chi connectivity index (χ2v) is 4.08. The average molecular weight is 235 g/mol. The minimum absolute atomic E-state index is 0.319. The fraction of sp³-hybridized carbons (Fsp3) is 0.333. The number of benzene rings is 1. The zero-order valence-corrected chi connectivity index (χ0v) is 9.76. The average Bonchev–Trinajstić information content (AvgIpc) is 2.63. The molecule has 5 heteroatoms. The largest absolute Gasteiger partial charge is 0.388 e. The van der Waals surface area contributed by atoms with Gasteiger partial charge in [-0.1, -0.05) is 6.07 Å². The van der Waals surface area contributed by atoms with E-state index in [0.29, 0.717) is 17.8 Å². The van der Waals surface area contributed by atoms with Gasteiger partial charge in [0.05, 0.1) is 6.10 Å². The van der Waals surface area contributed by atoms with Crippen LogP contribution in [0.5, 0.6) is 0 Å². The van der Waals surface area contributed by atoms with Crippen LogP contribution in [-0.2, 0) is 13.5 Å². The Labute approximate surface area is 98.7 Å². The third-order valence-electron chi connectivity index (χ3n) is 2.63. The van der Waals surface area contributed by atoms with Crippen LogP contribution in [0.25, 0.3) is 0 Å². The SMILES string of the molecule is Cc1cc(F)cc(C(O)Cc2ncnn2C)c1. The standard InChI is InChI=1S/C12H14FN3O/c1-8-3-9(5-10(13)4-8)11(17)6-12-14-7-15-16(12)2/h3-5,7,11,17H,6H2,1-2H3. The summed E-state index contributed by atoms with van der Waals surface area (Å²) in [6, 6.07) is 4.54.